The lowest BCUT2D eigenvalue weighted by molar-refractivity contribution is 0.0986. The van der Waals surface area contributed by atoms with Gasteiger partial charge < -0.3 is 20.8 Å². The molecule has 0 fully saturated rings. The first-order valence-electron chi connectivity index (χ1n) is 9.68. The Balaban J connectivity index is 1.58. The highest BCUT2D eigenvalue weighted by Crippen LogP contribution is 2.30. The van der Waals surface area contributed by atoms with E-state index in [2.05, 4.69) is 25.4 Å². The van der Waals surface area contributed by atoms with Crippen LogP contribution < -0.4 is 21.3 Å². The van der Waals surface area contributed by atoms with Gasteiger partial charge in [-0.2, -0.15) is 4.98 Å². The lowest BCUT2D eigenvalue weighted by Gasteiger charge is -2.14. The number of fused-ring (bicyclic) bond motifs is 1. The Morgan fingerprint density at radius 2 is 2.16 bits per heavy atom. The number of H-pyrrole nitrogens is 1. The molecule has 3 heterocycles. The molecule has 164 valence electrons. The number of pyridine rings is 2. The molecule has 11 heteroatoms. The quantitative estimate of drug-likeness (QED) is 0.390. The van der Waals surface area contributed by atoms with Crippen molar-refractivity contribution >= 4 is 34.4 Å². The zero-order chi connectivity index (χ0) is 22.8. The summed E-state index contributed by atoms with van der Waals surface area (Å²) in [6.45, 7) is 2.03. The number of carbonyl (C=O) groups excluding carboxylic acids is 1. The first kappa shape index (κ1) is 21.3. The van der Waals surface area contributed by atoms with Crippen molar-refractivity contribution in [3.63, 3.8) is 0 Å². The predicted molar refractivity (Wildman–Crippen MR) is 120 cm³/mol. The summed E-state index contributed by atoms with van der Waals surface area (Å²) in [5, 5.41) is 8.25. The van der Waals surface area contributed by atoms with Crippen molar-refractivity contribution < 1.29 is 9.53 Å². The number of aryl methyl sites for hydroxylation is 1. The fourth-order valence-electron chi connectivity index (χ4n) is 3.22. The lowest BCUT2D eigenvalue weighted by atomic mass is 10.1. The first-order valence-corrected chi connectivity index (χ1v) is 10.1. The second-order valence-corrected chi connectivity index (χ2v) is 7.55. The van der Waals surface area contributed by atoms with Crippen molar-refractivity contribution in [2.45, 2.75) is 19.6 Å². The normalized spacial score (nSPS) is 12.0. The zero-order valence-electron chi connectivity index (χ0n) is 17.3. The van der Waals surface area contributed by atoms with Gasteiger partial charge in [0.05, 0.1) is 22.3 Å². The number of benzene rings is 1. The lowest BCUT2D eigenvalue weighted by Crippen LogP contribution is -2.20. The van der Waals surface area contributed by atoms with Gasteiger partial charge in [-0.3, -0.25) is 14.6 Å². The van der Waals surface area contributed by atoms with E-state index in [4.69, 9.17) is 22.1 Å². The van der Waals surface area contributed by atoms with Crippen molar-refractivity contribution in [2.75, 3.05) is 5.32 Å². The van der Waals surface area contributed by atoms with E-state index < -0.39 is 11.9 Å². The van der Waals surface area contributed by atoms with Crippen LogP contribution >= 0.6 is 11.6 Å². The summed E-state index contributed by atoms with van der Waals surface area (Å²) in [4.78, 5) is 35.2. The van der Waals surface area contributed by atoms with Crippen molar-refractivity contribution in [3.8, 4) is 5.75 Å². The number of hydrogen-bond acceptors (Lipinski definition) is 7. The van der Waals surface area contributed by atoms with E-state index in [-0.39, 0.29) is 23.9 Å². The largest absolute Gasteiger partial charge is 0.486 e. The van der Waals surface area contributed by atoms with Gasteiger partial charge in [-0.25, -0.2) is 4.68 Å². The molecule has 1 atom stereocenters. The molecule has 4 rings (SSSR count). The number of nitrogens with zero attached hydrogens (tertiary/aromatic N) is 4. The molecule has 0 aliphatic heterocycles. The number of carbonyl (C=O) groups is 1. The molecule has 0 saturated heterocycles. The van der Waals surface area contributed by atoms with Crippen molar-refractivity contribution in [1.29, 1.82) is 0 Å². The van der Waals surface area contributed by atoms with Gasteiger partial charge in [-0.05, 0) is 31.2 Å². The number of amides is 1. The van der Waals surface area contributed by atoms with Gasteiger partial charge >= 0.3 is 0 Å². The SMILES string of the molecule is CC(Nc1nc(C(N)=O)n(C)n1)c1cc2cc(Cl)c(OCc3ccccn3)cc2[nH]c1=O. The number of hydrogen-bond donors (Lipinski definition) is 3. The molecule has 0 saturated carbocycles. The molecule has 10 nitrogen and oxygen atoms in total. The van der Waals surface area contributed by atoms with Gasteiger partial charge in [-0.1, -0.05) is 17.7 Å². The minimum absolute atomic E-state index is 0.0112. The number of aromatic nitrogens is 5. The minimum Gasteiger partial charge on any atom is -0.486 e. The monoisotopic (exact) mass is 453 g/mol. The standard InChI is InChI=1S/C21H20ClN7O3/c1-11(25-21-27-19(18(23)30)29(2)28-21)14-7-12-8-15(22)17(9-16(12)26-20(14)31)32-10-13-5-3-4-6-24-13/h3-9,11H,10H2,1-2H3,(H2,23,30)(H,25,28)(H,26,31). The van der Waals surface area contributed by atoms with Crippen LogP contribution in [-0.4, -0.2) is 30.6 Å². The fourth-order valence-corrected chi connectivity index (χ4v) is 3.45. The Labute approximate surface area is 187 Å². The van der Waals surface area contributed by atoms with Crippen LogP contribution in [0, 0.1) is 0 Å². The highest BCUT2D eigenvalue weighted by molar-refractivity contribution is 6.32. The van der Waals surface area contributed by atoms with E-state index in [1.165, 1.54) is 4.68 Å². The summed E-state index contributed by atoms with van der Waals surface area (Å²) >= 11 is 6.40. The van der Waals surface area contributed by atoms with E-state index in [1.54, 1.807) is 38.4 Å². The molecule has 4 N–H and O–H groups in total. The van der Waals surface area contributed by atoms with Gasteiger partial charge in [0.1, 0.15) is 12.4 Å². The number of aromatic amines is 1. The number of nitrogens with one attached hydrogen (secondary N) is 2. The molecule has 0 aliphatic rings. The number of nitrogens with two attached hydrogens (primary N) is 1. The third-order valence-corrected chi connectivity index (χ3v) is 5.12. The number of primary amides is 1. The van der Waals surface area contributed by atoms with E-state index >= 15 is 0 Å². The van der Waals surface area contributed by atoms with E-state index in [1.807, 2.05) is 18.2 Å². The van der Waals surface area contributed by atoms with Crippen LogP contribution in [-0.2, 0) is 13.7 Å². The number of ether oxygens (including phenoxy) is 1. The van der Waals surface area contributed by atoms with Crippen LogP contribution in [0.5, 0.6) is 5.75 Å². The van der Waals surface area contributed by atoms with Crippen LogP contribution in [0.25, 0.3) is 10.9 Å². The summed E-state index contributed by atoms with van der Waals surface area (Å²) in [6.07, 6.45) is 1.68. The first-order chi connectivity index (χ1) is 15.3. The van der Waals surface area contributed by atoms with E-state index in [0.29, 0.717) is 21.9 Å². The number of rotatable bonds is 7. The second kappa shape index (κ2) is 8.67. The van der Waals surface area contributed by atoms with Crippen LogP contribution in [0.15, 0.2) is 47.4 Å². The third kappa shape index (κ3) is 4.40. The topological polar surface area (TPSA) is 141 Å². The third-order valence-electron chi connectivity index (χ3n) is 4.82. The molecule has 0 bridgehead atoms. The Bertz CT molecular complexity index is 1350. The van der Waals surface area contributed by atoms with Gasteiger partial charge in [0, 0.05) is 30.3 Å². The highest BCUT2D eigenvalue weighted by atomic mass is 35.5. The molecule has 0 aliphatic carbocycles. The number of halogens is 1. The molecular formula is C21H20ClN7O3. The molecule has 32 heavy (non-hydrogen) atoms. The fraction of sp³-hybridized carbons (Fsp3) is 0.190. The molecule has 1 unspecified atom stereocenters. The summed E-state index contributed by atoms with van der Waals surface area (Å²) < 4.78 is 7.05. The van der Waals surface area contributed by atoms with Gasteiger partial charge in [0.25, 0.3) is 11.5 Å². The Kier molecular flexibility index (Phi) is 5.78. The summed E-state index contributed by atoms with van der Waals surface area (Å²) in [6, 6.07) is 10.2. The van der Waals surface area contributed by atoms with Crippen LogP contribution in [0.1, 0.15) is 34.8 Å². The predicted octanol–water partition coefficient (Wildman–Crippen LogP) is 2.56. The number of anilines is 1. The summed E-state index contributed by atoms with van der Waals surface area (Å²) in [5.41, 5.74) is 6.76. The van der Waals surface area contributed by atoms with Gasteiger partial charge in [-0.15, -0.1) is 5.10 Å². The van der Waals surface area contributed by atoms with Gasteiger partial charge in [0.15, 0.2) is 0 Å². The summed E-state index contributed by atoms with van der Waals surface area (Å²) in [5.74, 6) is -0.0576. The average molecular weight is 454 g/mol. The van der Waals surface area contributed by atoms with Crippen LogP contribution in [0.2, 0.25) is 5.02 Å². The van der Waals surface area contributed by atoms with Crippen molar-refractivity contribution in [1.82, 2.24) is 24.7 Å². The van der Waals surface area contributed by atoms with Crippen LogP contribution in [0.4, 0.5) is 5.95 Å². The molecule has 3 aromatic heterocycles. The Morgan fingerprint density at radius 3 is 2.84 bits per heavy atom. The second-order valence-electron chi connectivity index (χ2n) is 7.15. The highest BCUT2D eigenvalue weighted by Gasteiger charge is 2.17. The molecule has 0 spiro atoms. The van der Waals surface area contributed by atoms with E-state index in [0.717, 1.165) is 11.1 Å². The van der Waals surface area contributed by atoms with E-state index in [9.17, 15) is 9.59 Å². The molecular weight excluding hydrogens is 434 g/mol. The van der Waals surface area contributed by atoms with Crippen molar-refractivity contribution in [2.24, 2.45) is 12.8 Å². The molecule has 1 aromatic carbocycles. The smallest absolute Gasteiger partial charge is 0.286 e. The minimum atomic E-state index is -0.694. The Morgan fingerprint density at radius 1 is 1.34 bits per heavy atom. The molecule has 0 radical (unpaired) electrons. The zero-order valence-corrected chi connectivity index (χ0v) is 18.1. The average Bonchev–Trinajstić information content (AvgIpc) is 3.13. The molecule has 1 amide bonds. The maximum atomic E-state index is 12.7. The van der Waals surface area contributed by atoms with Crippen LogP contribution in [0.3, 0.4) is 0 Å². The van der Waals surface area contributed by atoms with Gasteiger partial charge in [0.2, 0.25) is 11.8 Å². The maximum Gasteiger partial charge on any atom is 0.286 e. The Hall–Kier alpha value is -3.92. The van der Waals surface area contributed by atoms with Crippen molar-refractivity contribution in [3.05, 3.63) is 75.1 Å². The maximum absolute atomic E-state index is 12.7. The summed E-state index contributed by atoms with van der Waals surface area (Å²) in [7, 11) is 1.56. The molecule has 4 aromatic rings.